The first-order valence-electron chi connectivity index (χ1n) is 23.5. The molecule has 0 spiro atoms. The number of hydrogen-bond donors (Lipinski definition) is 0. The van der Waals surface area contributed by atoms with Crippen molar-refractivity contribution in [3.05, 3.63) is 215 Å². The Hall–Kier alpha value is -5.61. The fraction of sp³-hybridized carbons (Fsp3) is 0.351. The monoisotopic (exact) mass is 938 g/mol. The lowest BCUT2D eigenvalue weighted by Crippen LogP contribution is -2.64. The largest absolute Gasteiger partial charge is 0.454 e. The first-order valence-corrected chi connectivity index (χ1v) is 23.5. The van der Waals surface area contributed by atoms with Crippen LogP contribution in [0.2, 0.25) is 0 Å². The highest BCUT2D eigenvalue weighted by atomic mass is 16.8. The van der Waals surface area contributed by atoms with E-state index in [1.807, 2.05) is 182 Å². The minimum atomic E-state index is -1.17. The van der Waals surface area contributed by atoms with Gasteiger partial charge in [0.1, 0.15) is 42.7 Å². The maximum absolute atomic E-state index is 13.1. The molecule has 2 fully saturated rings. The second kappa shape index (κ2) is 26.4. The SMILES string of the molecule is CO[C@H]1O[C@H](CO[C@H]2O[C@H](COCc3ccccc3)[C@@H](OCc3ccccc3)[C@H](OCc3ccccc3)[C@@H]2OC(C)=O)[C@@H](OCc2ccccc2)[C@H](OCc2ccccc2)[C@H]1OCc1ccccc1. The fourth-order valence-electron chi connectivity index (χ4n) is 8.51. The van der Waals surface area contributed by atoms with Crippen molar-refractivity contribution >= 4 is 5.97 Å². The normalized spacial score (nSPS) is 24.7. The van der Waals surface area contributed by atoms with Gasteiger partial charge in [-0.2, -0.15) is 0 Å². The summed E-state index contributed by atoms with van der Waals surface area (Å²) in [5, 5.41) is 0. The number of benzene rings is 6. The van der Waals surface area contributed by atoms with Gasteiger partial charge in [0, 0.05) is 14.0 Å². The predicted octanol–water partition coefficient (Wildman–Crippen LogP) is 9.17. The lowest BCUT2D eigenvalue weighted by atomic mass is 9.97. The second-order valence-corrected chi connectivity index (χ2v) is 17.0. The topological polar surface area (TPSA) is 119 Å². The van der Waals surface area contributed by atoms with E-state index in [2.05, 4.69) is 0 Å². The van der Waals surface area contributed by atoms with Crippen molar-refractivity contribution in [3.63, 3.8) is 0 Å². The second-order valence-electron chi connectivity index (χ2n) is 17.0. The Morgan fingerprint density at radius 3 is 1.07 bits per heavy atom. The summed E-state index contributed by atoms with van der Waals surface area (Å²) < 4.78 is 72.9. The number of hydrogen-bond acceptors (Lipinski definition) is 12. The zero-order valence-corrected chi connectivity index (χ0v) is 39.1. The fourth-order valence-corrected chi connectivity index (χ4v) is 8.51. The van der Waals surface area contributed by atoms with E-state index in [9.17, 15) is 4.79 Å². The molecule has 0 saturated carbocycles. The van der Waals surface area contributed by atoms with Crippen molar-refractivity contribution in [1.82, 2.24) is 0 Å². The molecular weight excluding hydrogens is 877 g/mol. The lowest BCUT2D eigenvalue weighted by Gasteiger charge is -2.47. The Labute approximate surface area is 405 Å². The number of carbonyl (C=O) groups is 1. The van der Waals surface area contributed by atoms with Crippen LogP contribution in [0.15, 0.2) is 182 Å². The Morgan fingerprint density at radius 1 is 0.377 bits per heavy atom. The Morgan fingerprint density at radius 2 is 0.696 bits per heavy atom. The zero-order valence-electron chi connectivity index (χ0n) is 39.1. The molecule has 2 saturated heterocycles. The molecule has 0 aromatic heterocycles. The van der Waals surface area contributed by atoms with E-state index in [4.69, 9.17) is 52.1 Å². The zero-order chi connectivity index (χ0) is 47.5. The van der Waals surface area contributed by atoms with E-state index in [1.165, 1.54) is 6.92 Å². The maximum Gasteiger partial charge on any atom is 0.303 e. The van der Waals surface area contributed by atoms with Crippen LogP contribution in [0.25, 0.3) is 0 Å². The summed E-state index contributed by atoms with van der Waals surface area (Å²) in [4.78, 5) is 13.1. The third-order valence-electron chi connectivity index (χ3n) is 12.0. The third kappa shape index (κ3) is 14.7. The molecule has 69 heavy (non-hydrogen) atoms. The van der Waals surface area contributed by atoms with Gasteiger partial charge in [-0.05, 0) is 33.4 Å². The van der Waals surface area contributed by atoms with Crippen molar-refractivity contribution in [2.45, 2.75) is 108 Å². The maximum atomic E-state index is 13.1. The first-order chi connectivity index (χ1) is 34.0. The van der Waals surface area contributed by atoms with Crippen LogP contribution in [0.5, 0.6) is 0 Å². The van der Waals surface area contributed by atoms with Crippen LogP contribution in [0.3, 0.4) is 0 Å². The molecule has 362 valence electrons. The number of ether oxygens (including phenoxy) is 11. The minimum absolute atomic E-state index is 0.100. The summed E-state index contributed by atoms with van der Waals surface area (Å²) in [5.41, 5.74) is 5.77. The molecule has 6 aromatic carbocycles. The van der Waals surface area contributed by atoms with E-state index in [0.717, 1.165) is 33.4 Å². The number of carbonyl (C=O) groups excluding carboxylic acids is 1. The molecule has 12 nitrogen and oxygen atoms in total. The van der Waals surface area contributed by atoms with Crippen LogP contribution in [0.4, 0.5) is 0 Å². The highest BCUT2D eigenvalue weighted by Crippen LogP contribution is 2.35. The molecule has 6 aromatic rings. The summed E-state index contributed by atoms with van der Waals surface area (Å²) >= 11 is 0. The van der Waals surface area contributed by atoms with Crippen LogP contribution in [-0.2, 0) is 96.5 Å². The van der Waals surface area contributed by atoms with Crippen LogP contribution in [0.1, 0.15) is 40.3 Å². The molecule has 10 atom stereocenters. The van der Waals surface area contributed by atoms with Gasteiger partial charge in [-0.3, -0.25) is 4.79 Å². The van der Waals surface area contributed by atoms with Gasteiger partial charge in [0.2, 0.25) is 0 Å². The third-order valence-corrected chi connectivity index (χ3v) is 12.0. The lowest BCUT2D eigenvalue weighted by molar-refractivity contribution is -0.347. The van der Waals surface area contributed by atoms with Crippen molar-refractivity contribution in [3.8, 4) is 0 Å². The van der Waals surface area contributed by atoms with Crippen LogP contribution < -0.4 is 0 Å². The molecule has 0 amide bonds. The van der Waals surface area contributed by atoms with E-state index in [-0.39, 0.29) is 46.2 Å². The van der Waals surface area contributed by atoms with Crippen molar-refractivity contribution in [2.75, 3.05) is 20.3 Å². The van der Waals surface area contributed by atoms with Gasteiger partial charge in [-0.15, -0.1) is 0 Å². The highest BCUT2D eigenvalue weighted by Gasteiger charge is 2.53. The van der Waals surface area contributed by atoms with Crippen molar-refractivity contribution in [2.24, 2.45) is 0 Å². The molecule has 0 radical (unpaired) electrons. The average Bonchev–Trinajstić information content (AvgIpc) is 3.39. The van der Waals surface area contributed by atoms with Gasteiger partial charge in [0.25, 0.3) is 0 Å². The van der Waals surface area contributed by atoms with Gasteiger partial charge in [0.05, 0.1) is 52.9 Å². The summed E-state index contributed by atoms with van der Waals surface area (Å²) in [6.45, 7) is 2.90. The molecule has 8 rings (SSSR count). The smallest absolute Gasteiger partial charge is 0.303 e. The van der Waals surface area contributed by atoms with Crippen molar-refractivity contribution < 1.29 is 56.9 Å². The van der Waals surface area contributed by atoms with E-state index in [1.54, 1.807) is 7.11 Å². The van der Waals surface area contributed by atoms with Gasteiger partial charge in [0.15, 0.2) is 18.7 Å². The van der Waals surface area contributed by atoms with Crippen LogP contribution in [0, 0.1) is 0 Å². The highest BCUT2D eigenvalue weighted by molar-refractivity contribution is 5.66. The quantitative estimate of drug-likeness (QED) is 0.0539. The number of methoxy groups -OCH3 is 1. The summed E-state index contributed by atoms with van der Waals surface area (Å²) in [6, 6.07) is 59.3. The summed E-state index contributed by atoms with van der Waals surface area (Å²) in [7, 11) is 1.58. The standard InChI is InChI=1S/C57H62O12/c1-41(58)67-55-53(64-37-46-29-17-7-18-30-46)50(61-34-43-23-11-4-12-24-43)48(39-60-33-42-21-9-3-10-22-42)69-57(55)66-40-49-51(62-35-44-25-13-5-14-26-44)52(63-36-45-27-15-6-16-28-45)54(56(59-2)68-49)65-38-47-31-19-8-20-32-47/h3-32,48-57H,33-40H2,1-2H3/t48-,49-,50-,51-,52+,53+,54-,55+,56+,57+/m1/s1. The Bertz CT molecular complexity index is 2350. The molecule has 2 aliphatic rings. The van der Waals surface area contributed by atoms with E-state index in [0.29, 0.717) is 6.61 Å². The number of rotatable bonds is 24. The van der Waals surface area contributed by atoms with Crippen LogP contribution >= 0.6 is 0 Å². The molecule has 0 unspecified atom stereocenters. The molecule has 2 heterocycles. The minimum Gasteiger partial charge on any atom is -0.454 e. The average molecular weight is 939 g/mol. The van der Waals surface area contributed by atoms with E-state index < -0.39 is 67.4 Å². The Kier molecular flexibility index (Phi) is 19.0. The number of esters is 1. The molecule has 0 bridgehead atoms. The van der Waals surface area contributed by atoms with E-state index >= 15 is 0 Å². The van der Waals surface area contributed by atoms with Gasteiger partial charge >= 0.3 is 5.97 Å². The molecule has 0 aliphatic carbocycles. The first kappa shape index (κ1) is 49.8. The van der Waals surface area contributed by atoms with Crippen LogP contribution in [-0.4, -0.2) is 87.7 Å². The summed E-state index contributed by atoms with van der Waals surface area (Å²) in [5.74, 6) is -0.545. The van der Waals surface area contributed by atoms with Gasteiger partial charge < -0.3 is 52.1 Å². The molecule has 2 aliphatic heterocycles. The molecular formula is C57H62O12. The molecule has 0 N–H and O–H groups in total. The van der Waals surface area contributed by atoms with Gasteiger partial charge in [-0.1, -0.05) is 182 Å². The molecule has 12 heteroatoms. The Balaban J connectivity index is 1.11. The van der Waals surface area contributed by atoms with Crippen molar-refractivity contribution in [1.29, 1.82) is 0 Å². The summed E-state index contributed by atoms with van der Waals surface area (Å²) in [6.07, 6.45) is -8.53. The van der Waals surface area contributed by atoms with Gasteiger partial charge in [-0.25, -0.2) is 0 Å². The predicted molar refractivity (Wildman–Crippen MR) is 257 cm³/mol.